The lowest BCUT2D eigenvalue weighted by molar-refractivity contribution is -0.0478. The van der Waals surface area contributed by atoms with Crippen molar-refractivity contribution >= 4 is 39.6 Å². The molecule has 0 amide bonds. The van der Waals surface area contributed by atoms with Gasteiger partial charge < -0.3 is 34.7 Å². The molecule has 1 saturated heterocycles. The second kappa shape index (κ2) is 10.3. The van der Waals surface area contributed by atoms with E-state index in [1.807, 2.05) is 30.3 Å². The van der Waals surface area contributed by atoms with Crippen LogP contribution in [0.3, 0.4) is 0 Å². The Kier molecular flexibility index (Phi) is 7.82. The lowest BCUT2D eigenvalue weighted by Crippen LogP contribution is -2.33. The highest BCUT2D eigenvalue weighted by molar-refractivity contribution is 7.71. The zero-order valence-electron chi connectivity index (χ0n) is 20.0. The third-order valence-electron chi connectivity index (χ3n) is 5.40. The normalized spacial score (nSPS) is 27.0. The molecule has 3 heterocycles. The van der Waals surface area contributed by atoms with Gasteiger partial charge in [0.25, 0.3) is 0 Å². The summed E-state index contributed by atoms with van der Waals surface area (Å²) in [6.07, 6.45) is -2.29. The van der Waals surface area contributed by atoms with Crippen molar-refractivity contribution in [2.24, 2.45) is 0 Å². The van der Waals surface area contributed by atoms with Gasteiger partial charge >= 0.3 is 22.8 Å². The van der Waals surface area contributed by atoms with Crippen LogP contribution in [0.5, 0.6) is 0 Å². The zero-order valence-corrected chi connectivity index (χ0v) is 22.7. The number of rotatable bonds is 9. The van der Waals surface area contributed by atoms with Gasteiger partial charge in [0.2, 0.25) is 0 Å². The van der Waals surface area contributed by atoms with Gasteiger partial charge in [0, 0.05) is 31.8 Å². The van der Waals surface area contributed by atoms with E-state index in [0.717, 1.165) is 25.6 Å². The summed E-state index contributed by atoms with van der Waals surface area (Å²) in [7, 11) is -12.5. The van der Waals surface area contributed by atoms with E-state index in [1.165, 1.54) is 10.9 Å². The molecular weight excluding hydrogens is 549 g/mol. The number of aliphatic hydroxyl groups is 2. The minimum Gasteiger partial charge on any atom is -0.387 e. The number of hydrogen-bond acceptors (Lipinski definition) is 12. The third-order valence-corrected chi connectivity index (χ3v) is 10.8. The molecule has 1 aromatic carbocycles. The van der Waals surface area contributed by atoms with Crippen LogP contribution in [-0.4, -0.2) is 74.6 Å². The molecule has 0 spiro atoms. The molecule has 37 heavy (non-hydrogen) atoms. The summed E-state index contributed by atoms with van der Waals surface area (Å²) >= 11 is 0. The number of anilines is 1. The van der Waals surface area contributed by atoms with Crippen molar-refractivity contribution < 1.29 is 46.7 Å². The summed E-state index contributed by atoms with van der Waals surface area (Å²) < 4.78 is 58.3. The van der Waals surface area contributed by atoms with E-state index in [-0.39, 0.29) is 5.82 Å². The number of aliphatic hydroxyl groups excluding tert-OH is 2. The Labute approximate surface area is 212 Å². The van der Waals surface area contributed by atoms with Gasteiger partial charge in [0.1, 0.15) is 36.1 Å². The maximum Gasteiger partial charge on any atom is 0.341 e. The minimum atomic E-state index is -4.23. The molecule has 7 atom stereocenters. The summed E-state index contributed by atoms with van der Waals surface area (Å²) in [6, 6.07) is 9.29. The van der Waals surface area contributed by atoms with Crippen LogP contribution in [0.15, 0.2) is 42.9 Å². The molecule has 0 aliphatic carbocycles. The number of fused-ring (bicyclic) bond motifs is 1. The van der Waals surface area contributed by atoms with Gasteiger partial charge in [-0.2, -0.15) is 0 Å². The van der Waals surface area contributed by atoms with Crippen molar-refractivity contribution in [3.05, 3.63) is 42.9 Å². The van der Waals surface area contributed by atoms with Gasteiger partial charge in [-0.05, 0) is 5.56 Å². The molecule has 1 aliphatic rings. The SMILES string of the molecule is CP(=O)(O)OP(C)(=O)OP(C)(=O)OCC1OC(n2cc(-c3ccccc3)c3c(N)ncnc32)C(O)C1O. The van der Waals surface area contributed by atoms with Crippen LogP contribution in [0.2, 0.25) is 0 Å². The molecule has 3 aromatic rings. The molecule has 0 saturated carbocycles. The number of benzene rings is 1. The number of hydrogen-bond donors (Lipinski definition) is 4. The van der Waals surface area contributed by atoms with E-state index >= 15 is 0 Å². The van der Waals surface area contributed by atoms with Gasteiger partial charge in [0.15, 0.2) is 6.23 Å². The van der Waals surface area contributed by atoms with Crippen LogP contribution in [0.25, 0.3) is 22.2 Å². The van der Waals surface area contributed by atoms with Crippen molar-refractivity contribution in [1.29, 1.82) is 0 Å². The van der Waals surface area contributed by atoms with E-state index < -0.39 is 53.9 Å². The Morgan fingerprint density at radius 2 is 1.70 bits per heavy atom. The highest BCUT2D eigenvalue weighted by Crippen LogP contribution is 2.67. The predicted molar refractivity (Wildman–Crippen MR) is 134 cm³/mol. The average Bonchev–Trinajstić information content (AvgIpc) is 3.29. The summed E-state index contributed by atoms with van der Waals surface area (Å²) in [5.41, 5.74) is 7.98. The summed E-state index contributed by atoms with van der Waals surface area (Å²) in [4.78, 5) is 17.6. The van der Waals surface area contributed by atoms with E-state index in [0.29, 0.717) is 16.6 Å². The van der Waals surface area contributed by atoms with Crippen LogP contribution in [0.4, 0.5) is 5.82 Å². The summed E-state index contributed by atoms with van der Waals surface area (Å²) in [5, 5.41) is 21.9. The number of aromatic nitrogens is 3. The molecule has 14 nitrogen and oxygen atoms in total. The number of nitrogens with two attached hydrogens (primary N) is 1. The van der Waals surface area contributed by atoms with Crippen LogP contribution < -0.4 is 5.73 Å². The van der Waals surface area contributed by atoms with E-state index in [4.69, 9.17) is 19.3 Å². The maximum absolute atomic E-state index is 12.7. The minimum absolute atomic E-state index is 0.213. The summed E-state index contributed by atoms with van der Waals surface area (Å²) in [6.45, 7) is 2.11. The van der Waals surface area contributed by atoms with Gasteiger partial charge in [0.05, 0.1) is 12.0 Å². The lowest BCUT2D eigenvalue weighted by atomic mass is 10.1. The number of nitrogen functional groups attached to an aromatic ring is 1. The summed E-state index contributed by atoms with van der Waals surface area (Å²) in [5.74, 6) is 0.213. The largest absolute Gasteiger partial charge is 0.387 e. The molecule has 7 unspecified atom stereocenters. The number of nitrogens with zero attached hydrogens (tertiary/aromatic N) is 3. The van der Waals surface area contributed by atoms with E-state index in [2.05, 4.69) is 14.3 Å². The van der Waals surface area contributed by atoms with Crippen molar-refractivity contribution in [1.82, 2.24) is 14.5 Å². The Morgan fingerprint density at radius 3 is 2.35 bits per heavy atom. The second-order valence-corrected chi connectivity index (χ2v) is 14.9. The Hall–Kier alpha value is -1.95. The molecule has 0 bridgehead atoms. The molecule has 1 aliphatic heterocycles. The predicted octanol–water partition coefficient (Wildman–Crippen LogP) is 2.81. The van der Waals surface area contributed by atoms with Gasteiger partial charge in [-0.15, -0.1) is 0 Å². The second-order valence-electron chi connectivity index (χ2n) is 8.62. The van der Waals surface area contributed by atoms with Gasteiger partial charge in [-0.25, -0.2) is 18.6 Å². The topological polar surface area (TPSA) is 206 Å². The van der Waals surface area contributed by atoms with Crippen molar-refractivity contribution in [3.8, 4) is 11.1 Å². The first-order valence-electron chi connectivity index (χ1n) is 10.9. The molecule has 2 aromatic heterocycles. The van der Waals surface area contributed by atoms with Crippen molar-refractivity contribution in [2.45, 2.75) is 24.5 Å². The van der Waals surface area contributed by atoms with Crippen LogP contribution in [0, 0.1) is 0 Å². The first kappa shape index (κ1) is 28.1. The quantitative estimate of drug-likeness (QED) is 0.271. The van der Waals surface area contributed by atoms with Crippen LogP contribution in [0.1, 0.15) is 6.23 Å². The molecule has 4 rings (SSSR count). The highest BCUT2D eigenvalue weighted by Gasteiger charge is 2.46. The Balaban J connectivity index is 1.56. The van der Waals surface area contributed by atoms with Crippen molar-refractivity contribution in [3.63, 3.8) is 0 Å². The zero-order chi connectivity index (χ0) is 27.2. The fraction of sp³-hybridized carbons (Fsp3) is 0.400. The highest BCUT2D eigenvalue weighted by atomic mass is 31.3. The lowest BCUT2D eigenvalue weighted by Gasteiger charge is -2.22. The van der Waals surface area contributed by atoms with Gasteiger partial charge in [-0.3, -0.25) is 13.7 Å². The van der Waals surface area contributed by atoms with Crippen LogP contribution in [-0.2, 0) is 31.6 Å². The molecule has 17 heteroatoms. The maximum atomic E-state index is 12.7. The molecule has 0 radical (unpaired) electrons. The first-order chi connectivity index (χ1) is 17.2. The molecule has 1 fully saturated rings. The molecule has 5 N–H and O–H groups in total. The van der Waals surface area contributed by atoms with Crippen molar-refractivity contribution in [2.75, 3.05) is 32.3 Å². The smallest absolute Gasteiger partial charge is 0.341 e. The number of ether oxygens (including phenoxy) is 1. The first-order valence-corrected chi connectivity index (χ1v) is 16.9. The average molecular weight is 576 g/mol. The Morgan fingerprint density at radius 1 is 1.03 bits per heavy atom. The van der Waals surface area contributed by atoms with E-state index in [1.54, 1.807) is 6.20 Å². The fourth-order valence-corrected chi connectivity index (χ4v) is 9.38. The molecule has 202 valence electrons. The van der Waals surface area contributed by atoms with Gasteiger partial charge in [-0.1, -0.05) is 30.3 Å². The van der Waals surface area contributed by atoms with E-state index in [9.17, 15) is 28.8 Å². The third kappa shape index (κ3) is 6.38. The monoisotopic (exact) mass is 576 g/mol. The Bertz CT molecular complexity index is 1430. The van der Waals surface area contributed by atoms with Crippen LogP contribution >= 0.6 is 22.8 Å². The fourth-order valence-electron chi connectivity index (χ4n) is 4.03. The standard InChI is InChI=1S/C20H27N4O10P3/c1-35(27,28)33-37(3,30)34-36(2,29)31-10-14-16(25)17(26)20(32-14)24-9-13(12-7-5-4-6-8-12)15-18(21)22-11-23-19(15)24/h4-9,11,14,16-17,20,25-26H,10H2,1-3H3,(H,27,28)(H2,21,22,23). The molecular formula is C20H27N4O10P3.